The first kappa shape index (κ1) is 6.55. The summed E-state index contributed by atoms with van der Waals surface area (Å²) in [5.41, 5.74) is 4.31. The van der Waals surface area contributed by atoms with Crippen molar-refractivity contribution in [3.05, 3.63) is 0 Å². The quantitative estimate of drug-likeness (QED) is 0.553. The highest BCUT2D eigenvalue weighted by atomic mass is 15.7. The minimum absolute atomic E-state index is 0.572. The monoisotopic (exact) mass is 127 g/mol. The van der Waals surface area contributed by atoms with Crippen molar-refractivity contribution < 1.29 is 0 Å². The molecule has 0 aliphatic carbocycles. The van der Waals surface area contributed by atoms with Gasteiger partial charge in [-0.15, -0.1) is 0 Å². The molecule has 1 heterocycles. The second kappa shape index (κ2) is 2.35. The van der Waals surface area contributed by atoms with Crippen LogP contribution in [0.15, 0.2) is 5.10 Å². The Morgan fingerprint density at radius 1 is 1.67 bits per heavy atom. The minimum atomic E-state index is 0.572. The first-order valence-electron chi connectivity index (χ1n) is 3.24. The molecule has 0 aromatic carbocycles. The van der Waals surface area contributed by atoms with Gasteiger partial charge < -0.3 is 0 Å². The van der Waals surface area contributed by atoms with E-state index in [2.05, 4.69) is 24.4 Å². The van der Waals surface area contributed by atoms with Crippen LogP contribution in [0.2, 0.25) is 0 Å². The number of rotatable bonds is 1. The van der Waals surface area contributed by atoms with Gasteiger partial charge in [-0.05, 0) is 5.92 Å². The molecule has 1 rings (SSSR count). The molecule has 0 radical (unpaired) electrons. The molecule has 0 spiro atoms. The third kappa shape index (κ3) is 1.42. The summed E-state index contributed by atoms with van der Waals surface area (Å²) in [6.07, 6.45) is 0. The van der Waals surface area contributed by atoms with Crippen LogP contribution in [0, 0.1) is 5.92 Å². The van der Waals surface area contributed by atoms with Crippen LogP contribution >= 0.6 is 0 Å². The zero-order valence-corrected chi connectivity index (χ0v) is 6.18. The van der Waals surface area contributed by atoms with E-state index in [0.717, 1.165) is 6.54 Å². The number of hydrogen-bond acceptors (Lipinski definition) is 3. The molecule has 0 aromatic rings. The maximum atomic E-state index is 4.23. The zero-order valence-electron chi connectivity index (χ0n) is 6.18. The average molecular weight is 127 g/mol. The molecule has 0 saturated carbocycles. The van der Waals surface area contributed by atoms with Crippen LogP contribution in [-0.4, -0.2) is 24.4 Å². The van der Waals surface area contributed by atoms with Crippen molar-refractivity contribution in [2.75, 3.05) is 13.6 Å². The molecule has 0 unspecified atom stereocenters. The smallest absolute Gasteiger partial charge is 0.0578 e. The van der Waals surface area contributed by atoms with E-state index >= 15 is 0 Å². The van der Waals surface area contributed by atoms with Gasteiger partial charge in [0.15, 0.2) is 0 Å². The van der Waals surface area contributed by atoms with Crippen molar-refractivity contribution in [1.82, 2.24) is 10.5 Å². The molecule has 0 saturated heterocycles. The van der Waals surface area contributed by atoms with Gasteiger partial charge in [-0.25, -0.2) is 10.5 Å². The molecule has 1 aliphatic heterocycles. The molecule has 0 atom stereocenters. The first-order valence-corrected chi connectivity index (χ1v) is 3.24. The highest BCUT2D eigenvalue weighted by Crippen LogP contribution is 2.01. The van der Waals surface area contributed by atoms with Crippen molar-refractivity contribution in [3.8, 4) is 0 Å². The summed E-state index contributed by atoms with van der Waals surface area (Å²) in [4.78, 5) is 0. The van der Waals surface area contributed by atoms with E-state index in [1.165, 1.54) is 5.71 Å². The average Bonchev–Trinajstić information content (AvgIpc) is 2.14. The largest absolute Gasteiger partial charge is 0.233 e. The van der Waals surface area contributed by atoms with Crippen LogP contribution in [-0.2, 0) is 0 Å². The Labute approximate surface area is 55.7 Å². The Morgan fingerprint density at radius 3 is 2.56 bits per heavy atom. The molecular formula is C6H13N3. The summed E-state index contributed by atoms with van der Waals surface area (Å²) < 4.78 is 0. The van der Waals surface area contributed by atoms with Crippen molar-refractivity contribution in [1.29, 1.82) is 0 Å². The number of hydrogen-bond donors (Lipinski definition) is 1. The van der Waals surface area contributed by atoms with Gasteiger partial charge in [-0.1, -0.05) is 13.8 Å². The second-order valence-electron chi connectivity index (χ2n) is 2.60. The molecule has 0 fully saturated rings. The summed E-state index contributed by atoms with van der Waals surface area (Å²) in [6.45, 7) is 5.22. The molecule has 52 valence electrons. The molecule has 3 nitrogen and oxygen atoms in total. The van der Waals surface area contributed by atoms with Gasteiger partial charge in [0.25, 0.3) is 0 Å². The lowest BCUT2D eigenvalue weighted by Crippen LogP contribution is -2.25. The number of hydrazine groups is 1. The molecule has 1 N–H and O–H groups in total. The normalized spacial score (nSPS) is 19.1. The fraction of sp³-hybridized carbons (Fsp3) is 0.833. The van der Waals surface area contributed by atoms with Gasteiger partial charge >= 0.3 is 0 Å². The number of hydrazone groups is 1. The van der Waals surface area contributed by atoms with Crippen LogP contribution in [0.5, 0.6) is 0 Å². The summed E-state index contributed by atoms with van der Waals surface area (Å²) >= 11 is 0. The SMILES string of the molecule is CC(C)C1=NN(C)NC1. The summed E-state index contributed by atoms with van der Waals surface area (Å²) in [6, 6.07) is 0. The number of nitrogens with zero attached hydrogens (tertiary/aromatic N) is 2. The Balaban J connectivity index is 2.52. The molecule has 0 bridgehead atoms. The van der Waals surface area contributed by atoms with Gasteiger partial charge in [0.1, 0.15) is 0 Å². The highest BCUT2D eigenvalue weighted by molar-refractivity contribution is 5.88. The molecule has 0 aromatic heterocycles. The van der Waals surface area contributed by atoms with Crippen molar-refractivity contribution in [2.45, 2.75) is 13.8 Å². The fourth-order valence-corrected chi connectivity index (χ4v) is 0.778. The lowest BCUT2D eigenvalue weighted by atomic mass is 10.1. The van der Waals surface area contributed by atoms with E-state index in [1.807, 2.05) is 7.05 Å². The lowest BCUT2D eigenvalue weighted by molar-refractivity contribution is 0.289. The Morgan fingerprint density at radius 2 is 2.33 bits per heavy atom. The van der Waals surface area contributed by atoms with Crippen molar-refractivity contribution in [2.24, 2.45) is 11.0 Å². The van der Waals surface area contributed by atoms with Crippen molar-refractivity contribution in [3.63, 3.8) is 0 Å². The Hall–Kier alpha value is -0.570. The number of nitrogens with one attached hydrogen (secondary N) is 1. The van der Waals surface area contributed by atoms with Gasteiger partial charge in [0.2, 0.25) is 0 Å². The van der Waals surface area contributed by atoms with E-state index in [0.29, 0.717) is 5.92 Å². The molecular weight excluding hydrogens is 114 g/mol. The van der Waals surface area contributed by atoms with Crippen LogP contribution < -0.4 is 5.43 Å². The predicted molar refractivity (Wildman–Crippen MR) is 38.0 cm³/mol. The third-order valence-corrected chi connectivity index (χ3v) is 1.43. The van der Waals surface area contributed by atoms with Crippen molar-refractivity contribution >= 4 is 5.71 Å². The first-order chi connectivity index (χ1) is 4.20. The summed E-state index contributed by atoms with van der Waals surface area (Å²) in [7, 11) is 1.91. The summed E-state index contributed by atoms with van der Waals surface area (Å²) in [5.74, 6) is 0.572. The highest BCUT2D eigenvalue weighted by Gasteiger charge is 2.11. The standard InChI is InChI=1S/C6H13N3/c1-5(2)6-4-7-9(3)8-6/h5,7H,4H2,1-3H3. The molecule has 1 aliphatic rings. The van der Waals surface area contributed by atoms with Gasteiger partial charge in [0, 0.05) is 7.05 Å². The lowest BCUT2D eigenvalue weighted by Gasteiger charge is -2.02. The van der Waals surface area contributed by atoms with E-state index in [1.54, 1.807) is 5.12 Å². The van der Waals surface area contributed by atoms with Gasteiger partial charge in [-0.3, -0.25) is 0 Å². The van der Waals surface area contributed by atoms with E-state index < -0.39 is 0 Å². The minimum Gasteiger partial charge on any atom is -0.233 e. The maximum Gasteiger partial charge on any atom is 0.0578 e. The predicted octanol–water partition coefficient (Wildman–Crippen LogP) is 0.448. The van der Waals surface area contributed by atoms with E-state index in [9.17, 15) is 0 Å². The topological polar surface area (TPSA) is 27.6 Å². The summed E-state index contributed by atoms with van der Waals surface area (Å²) in [5, 5.41) is 5.99. The molecule has 0 amide bonds. The second-order valence-corrected chi connectivity index (χ2v) is 2.60. The molecule has 3 heteroatoms. The molecule has 9 heavy (non-hydrogen) atoms. The third-order valence-electron chi connectivity index (χ3n) is 1.43. The van der Waals surface area contributed by atoms with Crippen LogP contribution in [0.25, 0.3) is 0 Å². The van der Waals surface area contributed by atoms with Gasteiger partial charge in [0.05, 0.1) is 12.3 Å². The van der Waals surface area contributed by atoms with Crippen LogP contribution in [0.4, 0.5) is 0 Å². The Kier molecular flexibility index (Phi) is 1.71. The Bertz CT molecular complexity index is 128. The van der Waals surface area contributed by atoms with Crippen LogP contribution in [0.1, 0.15) is 13.8 Å². The van der Waals surface area contributed by atoms with E-state index in [-0.39, 0.29) is 0 Å². The maximum absolute atomic E-state index is 4.23. The van der Waals surface area contributed by atoms with Crippen LogP contribution in [0.3, 0.4) is 0 Å². The van der Waals surface area contributed by atoms with E-state index in [4.69, 9.17) is 0 Å². The fourth-order valence-electron chi connectivity index (χ4n) is 0.778. The van der Waals surface area contributed by atoms with Gasteiger partial charge in [-0.2, -0.15) is 5.10 Å². The zero-order chi connectivity index (χ0) is 6.85.